The second kappa shape index (κ2) is 12.1. The maximum absolute atomic E-state index is 12.6. The quantitative estimate of drug-likeness (QED) is 0.169. The minimum Gasteiger partial charge on any atom is -0.481 e. The lowest BCUT2D eigenvalue weighted by Crippen LogP contribution is -2.62. The third-order valence-electron chi connectivity index (χ3n) is 12.5. The van der Waals surface area contributed by atoms with E-state index in [4.69, 9.17) is 4.74 Å². The van der Waals surface area contributed by atoms with Gasteiger partial charge in [-0.25, -0.2) is 0 Å². The fourth-order valence-electron chi connectivity index (χ4n) is 10.4. The van der Waals surface area contributed by atoms with Gasteiger partial charge in [-0.2, -0.15) is 0 Å². The lowest BCUT2D eigenvalue weighted by molar-refractivity contribution is -0.178. The molecule has 1 saturated carbocycles. The number of aliphatic hydroxyl groups excluding tert-OH is 2. The minimum absolute atomic E-state index is 0.131. The molecule has 44 heavy (non-hydrogen) atoms. The average Bonchev–Trinajstić information content (AvgIpc) is 3.25. The summed E-state index contributed by atoms with van der Waals surface area (Å²) in [5, 5.41) is 43.5. The maximum atomic E-state index is 12.6. The number of aliphatic hydroxyl groups is 2. The monoisotopic (exact) mass is 614 g/mol. The van der Waals surface area contributed by atoms with Crippen molar-refractivity contribution in [1.29, 1.82) is 0 Å². The van der Waals surface area contributed by atoms with Crippen molar-refractivity contribution in [3.8, 4) is 0 Å². The van der Waals surface area contributed by atoms with Crippen LogP contribution in [0.1, 0.15) is 100 Å². The van der Waals surface area contributed by atoms with Gasteiger partial charge in [0.15, 0.2) is 0 Å². The van der Waals surface area contributed by atoms with Crippen molar-refractivity contribution in [2.75, 3.05) is 0 Å². The van der Waals surface area contributed by atoms with Crippen molar-refractivity contribution < 1.29 is 39.5 Å². The number of carboxylic acids is 2. The third kappa shape index (κ3) is 5.48. The fraction of sp³-hybridized carbons (Fsp3) is 0.750. The van der Waals surface area contributed by atoms with Crippen LogP contribution in [0.4, 0.5) is 0 Å². The summed E-state index contributed by atoms with van der Waals surface area (Å²) in [5.41, 5.74) is 2.18. The topological polar surface area (TPSA) is 141 Å². The Morgan fingerprint density at radius 3 is 2.27 bits per heavy atom. The van der Waals surface area contributed by atoms with Crippen LogP contribution < -0.4 is 0 Å². The van der Waals surface area contributed by atoms with Crippen LogP contribution in [-0.2, 0) is 19.1 Å². The highest BCUT2D eigenvalue weighted by atomic mass is 16.6. The molecule has 0 aliphatic heterocycles. The van der Waals surface area contributed by atoms with Gasteiger partial charge in [-0.15, -0.1) is 0 Å². The van der Waals surface area contributed by atoms with Gasteiger partial charge < -0.3 is 25.2 Å². The van der Waals surface area contributed by atoms with E-state index in [1.807, 2.05) is 20.8 Å². The van der Waals surface area contributed by atoms with E-state index in [0.717, 1.165) is 42.4 Å². The Morgan fingerprint density at radius 1 is 1.09 bits per heavy atom. The normalized spacial score (nSPS) is 37.3. The van der Waals surface area contributed by atoms with Gasteiger partial charge in [0, 0.05) is 18.3 Å². The van der Waals surface area contributed by atoms with Crippen LogP contribution in [0.5, 0.6) is 0 Å². The Hall–Kier alpha value is -2.45. The number of aliphatic carboxylic acids is 2. The van der Waals surface area contributed by atoms with Crippen LogP contribution in [0.2, 0.25) is 0 Å². The molecule has 4 N–H and O–H groups in total. The summed E-state index contributed by atoms with van der Waals surface area (Å²) in [6.45, 7) is 20.3. The molecular weight excluding hydrogens is 560 g/mol. The lowest BCUT2D eigenvalue weighted by atomic mass is 9.42. The van der Waals surface area contributed by atoms with Crippen molar-refractivity contribution in [2.24, 2.45) is 51.8 Å². The molecule has 4 aliphatic carbocycles. The lowest BCUT2D eigenvalue weighted by Gasteiger charge is -2.63. The first-order valence-corrected chi connectivity index (χ1v) is 16.4. The molecule has 8 nitrogen and oxygen atoms in total. The predicted molar refractivity (Wildman–Crippen MR) is 167 cm³/mol. The number of fused-ring (bicyclic) bond motifs is 4. The van der Waals surface area contributed by atoms with Crippen molar-refractivity contribution in [2.45, 2.75) is 119 Å². The molecule has 8 heteroatoms. The van der Waals surface area contributed by atoms with Crippen molar-refractivity contribution in [1.82, 2.24) is 0 Å². The molecule has 0 bridgehead atoms. The van der Waals surface area contributed by atoms with Crippen molar-refractivity contribution in [3.63, 3.8) is 0 Å². The number of carbonyl (C=O) groups is 3. The number of carboxylic acid groups (broad SMARTS) is 2. The van der Waals surface area contributed by atoms with Crippen molar-refractivity contribution in [3.05, 3.63) is 34.9 Å². The minimum atomic E-state index is -1.24. The molecule has 0 spiro atoms. The summed E-state index contributed by atoms with van der Waals surface area (Å²) in [6, 6.07) is 0. The highest BCUT2D eigenvalue weighted by Gasteiger charge is 2.66. The molecule has 4 rings (SSSR count). The molecule has 0 heterocycles. The first-order chi connectivity index (χ1) is 20.3. The van der Waals surface area contributed by atoms with E-state index in [1.165, 1.54) is 12.5 Å². The number of hydrogen-bond acceptors (Lipinski definition) is 6. The van der Waals surface area contributed by atoms with Gasteiger partial charge in [-0.05, 0) is 89.7 Å². The largest absolute Gasteiger partial charge is 0.481 e. The van der Waals surface area contributed by atoms with E-state index < -0.39 is 70.7 Å². The number of esters is 1. The first kappa shape index (κ1) is 34.4. The summed E-state index contributed by atoms with van der Waals surface area (Å²) in [6.07, 6.45) is 3.01. The zero-order chi connectivity index (χ0) is 33.1. The SMILES string of the molecule is C=C(CC[C@@H](C)[C@H]1CC=C2C3=C([C@@H](O)[C@H](OC(C)=O)[C@@]21C)[C@@]1(C)C[C@@H](O)[C@H](C(CC(=O)O)C(=O)O)C(C)(C)C1CC3)C(C)C. The molecule has 0 saturated heterocycles. The van der Waals surface area contributed by atoms with Crippen LogP contribution in [-0.4, -0.2) is 56.6 Å². The average molecular weight is 615 g/mol. The van der Waals surface area contributed by atoms with Gasteiger partial charge in [0.1, 0.15) is 12.2 Å². The molecule has 2 unspecified atom stereocenters. The first-order valence-electron chi connectivity index (χ1n) is 16.4. The van der Waals surface area contributed by atoms with E-state index in [1.54, 1.807) is 0 Å². The van der Waals surface area contributed by atoms with Gasteiger partial charge in [-0.3, -0.25) is 14.4 Å². The van der Waals surface area contributed by atoms with Crippen molar-refractivity contribution >= 4 is 17.9 Å². The zero-order valence-corrected chi connectivity index (χ0v) is 27.9. The van der Waals surface area contributed by atoms with Gasteiger partial charge >= 0.3 is 17.9 Å². The molecule has 246 valence electrons. The van der Waals surface area contributed by atoms with Gasteiger partial charge in [0.05, 0.1) is 18.4 Å². The number of allylic oxidation sites excluding steroid dienone is 3. The van der Waals surface area contributed by atoms with E-state index in [9.17, 15) is 34.8 Å². The van der Waals surface area contributed by atoms with Crippen LogP contribution >= 0.6 is 0 Å². The highest BCUT2D eigenvalue weighted by molar-refractivity contribution is 5.78. The second-order valence-corrected chi connectivity index (χ2v) is 15.6. The molecule has 1 fully saturated rings. The Labute approximate surface area is 262 Å². The summed E-state index contributed by atoms with van der Waals surface area (Å²) in [5.74, 6) is -4.17. The van der Waals surface area contributed by atoms with Gasteiger partial charge in [0.25, 0.3) is 0 Å². The maximum Gasteiger partial charge on any atom is 0.307 e. The number of rotatable bonds is 10. The smallest absolute Gasteiger partial charge is 0.307 e. The van der Waals surface area contributed by atoms with E-state index in [0.29, 0.717) is 18.3 Å². The van der Waals surface area contributed by atoms with Gasteiger partial charge in [-0.1, -0.05) is 66.7 Å². The highest BCUT2D eigenvalue weighted by Crippen LogP contribution is 2.68. The molecule has 0 aromatic rings. The van der Waals surface area contributed by atoms with Crippen LogP contribution in [0.25, 0.3) is 0 Å². The third-order valence-corrected chi connectivity index (χ3v) is 12.5. The van der Waals surface area contributed by atoms with Crippen LogP contribution in [0.3, 0.4) is 0 Å². The zero-order valence-electron chi connectivity index (χ0n) is 27.9. The van der Waals surface area contributed by atoms with E-state index in [2.05, 4.69) is 40.3 Å². The Bertz CT molecular complexity index is 1260. The van der Waals surface area contributed by atoms with Crippen LogP contribution in [0.15, 0.2) is 34.9 Å². The molecule has 0 aromatic heterocycles. The molecular formula is C36H54O8. The Balaban J connectivity index is 1.78. The standard InChI is InChI=1S/C36H54O8/c1-18(2)19(3)10-11-20(4)24-13-14-25-22-12-15-27-34(6,7)29(23(33(42)43)16-28(39)40)26(38)17-35(27,8)30(22)31(41)32(36(24,25)9)44-21(5)37/h14,18,20,23-24,26-27,29,31-32,38,41H,3,10-13,15-17H2,1-2,4-9H3,(H,39,40)(H,42,43)/t20-,23?,24-,26-,27?,29+,31-,32+,35+,36-/m1/s1. The second-order valence-electron chi connectivity index (χ2n) is 15.6. The summed E-state index contributed by atoms with van der Waals surface area (Å²) in [7, 11) is 0. The molecule has 4 aliphatic rings. The molecule has 10 atom stereocenters. The summed E-state index contributed by atoms with van der Waals surface area (Å²) >= 11 is 0. The Morgan fingerprint density at radius 2 is 1.73 bits per heavy atom. The van der Waals surface area contributed by atoms with Crippen LogP contribution in [0, 0.1) is 51.8 Å². The predicted octanol–water partition coefficient (Wildman–Crippen LogP) is 6.17. The number of carbonyl (C=O) groups excluding carboxylic acids is 1. The summed E-state index contributed by atoms with van der Waals surface area (Å²) < 4.78 is 6.06. The fourth-order valence-corrected chi connectivity index (χ4v) is 10.4. The number of hydrogen-bond donors (Lipinski definition) is 4. The molecule has 0 aromatic carbocycles. The summed E-state index contributed by atoms with van der Waals surface area (Å²) in [4.78, 5) is 36.5. The van der Waals surface area contributed by atoms with E-state index >= 15 is 0 Å². The van der Waals surface area contributed by atoms with Gasteiger partial charge in [0.2, 0.25) is 0 Å². The number of ether oxygens (including phenoxy) is 1. The van der Waals surface area contributed by atoms with E-state index in [-0.39, 0.29) is 18.3 Å². The Kier molecular flexibility index (Phi) is 9.43. The molecule has 0 radical (unpaired) electrons. The molecule has 0 amide bonds.